The van der Waals surface area contributed by atoms with Gasteiger partial charge in [0, 0.05) is 10.4 Å². The van der Waals surface area contributed by atoms with Crippen LogP contribution in [0, 0.1) is 12.8 Å². The Morgan fingerprint density at radius 2 is 1.94 bits per heavy atom. The lowest BCUT2D eigenvalue weighted by molar-refractivity contribution is 0.418. The topological polar surface area (TPSA) is 39.2 Å². The van der Waals surface area contributed by atoms with Crippen molar-refractivity contribution in [2.45, 2.75) is 26.8 Å². The van der Waals surface area contributed by atoms with Crippen LogP contribution in [0.5, 0.6) is 0 Å². The summed E-state index contributed by atoms with van der Waals surface area (Å²) in [5.74, 6) is 1.18. The normalized spacial score (nSPS) is 13.6. The van der Waals surface area contributed by atoms with E-state index in [0.717, 1.165) is 27.3 Å². The van der Waals surface area contributed by atoms with Crippen LogP contribution in [-0.2, 0) is 0 Å². The Balaban J connectivity index is 2.52. The largest absolute Gasteiger partial charge is 0.459 e. The van der Waals surface area contributed by atoms with Crippen molar-refractivity contribution in [2.24, 2.45) is 11.7 Å². The molecule has 0 saturated carbocycles. The molecule has 0 aliphatic rings. The van der Waals surface area contributed by atoms with Crippen LogP contribution in [-0.4, -0.2) is 0 Å². The highest BCUT2D eigenvalue weighted by Crippen LogP contribution is 2.30. The lowest BCUT2D eigenvalue weighted by Crippen LogP contribution is -2.15. The molecule has 0 radical (unpaired) electrons. The number of hydrogen-bond donors (Lipinski definition) is 1. The second kappa shape index (κ2) is 4.11. The summed E-state index contributed by atoms with van der Waals surface area (Å²) in [5.41, 5.74) is 7.93. The molecule has 2 nitrogen and oxygen atoms in total. The maximum atomic E-state index is 6.07. The summed E-state index contributed by atoms with van der Waals surface area (Å²) in [6.07, 6.45) is 0. The lowest BCUT2D eigenvalue weighted by Gasteiger charge is -2.11. The van der Waals surface area contributed by atoms with Gasteiger partial charge in [0.25, 0.3) is 0 Å². The van der Waals surface area contributed by atoms with E-state index in [2.05, 4.69) is 13.8 Å². The molecular formula is C13H16ClNO. The van der Waals surface area contributed by atoms with Gasteiger partial charge in [-0.05, 0) is 36.6 Å². The molecule has 16 heavy (non-hydrogen) atoms. The number of halogens is 1. The molecule has 2 rings (SSSR count). The molecule has 86 valence electrons. The Labute approximate surface area is 100 Å². The van der Waals surface area contributed by atoms with Gasteiger partial charge in [0.15, 0.2) is 0 Å². The average molecular weight is 238 g/mol. The number of nitrogens with two attached hydrogens (primary N) is 1. The molecule has 0 aliphatic carbocycles. The molecule has 3 heteroatoms. The quantitative estimate of drug-likeness (QED) is 0.856. The Bertz CT molecular complexity index is 477. The van der Waals surface area contributed by atoms with Crippen LogP contribution in [0.4, 0.5) is 0 Å². The van der Waals surface area contributed by atoms with Crippen LogP contribution in [0.3, 0.4) is 0 Å². The number of furan rings is 1. The predicted molar refractivity (Wildman–Crippen MR) is 67.7 cm³/mol. The van der Waals surface area contributed by atoms with Gasteiger partial charge in [0.1, 0.15) is 11.3 Å². The van der Waals surface area contributed by atoms with Gasteiger partial charge in [-0.25, -0.2) is 0 Å². The van der Waals surface area contributed by atoms with E-state index < -0.39 is 0 Å². The van der Waals surface area contributed by atoms with Crippen molar-refractivity contribution in [1.29, 1.82) is 0 Å². The molecule has 1 aromatic heterocycles. The number of hydrogen-bond acceptors (Lipinski definition) is 2. The smallest absolute Gasteiger partial charge is 0.134 e. The second-order valence-corrected chi connectivity index (χ2v) is 4.96. The molecule has 1 aromatic carbocycles. The minimum absolute atomic E-state index is 0.0634. The summed E-state index contributed by atoms with van der Waals surface area (Å²) in [7, 11) is 0. The SMILES string of the molecule is Cc1cc2oc([C@@H](N)C(C)C)cc2cc1Cl. The van der Waals surface area contributed by atoms with Crippen molar-refractivity contribution >= 4 is 22.6 Å². The highest BCUT2D eigenvalue weighted by Gasteiger charge is 2.15. The molecule has 1 heterocycles. The van der Waals surface area contributed by atoms with E-state index in [-0.39, 0.29) is 6.04 Å². The molecule has 0 unspecified atom stereocenters. The summed E-state index contributed by atoms with van der Waals surface area (Å²) >= 11 is 6.07. The van der Waals surface area contributed by atoms with Gasteiger partial charge in [-0.15, -0.1) is 0 Å². The highest BCUT2D eigenvalue weighted by molar-refractivity contribution is 6.32. The molecule has 0 amide bonds. The van der Waals surface area contributed by atoms with E-state index >= 15 is 0 Å². The van der Waals surface area contributed by atoms with Crippen molar-refractivity contribution < 1.29 is 4.42 Å². The third kappa shape index (κ3) is 1.95. The van der Waals surface area contributed by atoms with Gasteiger partial charge in [-0.3, -0.25) is 0 Å². The number of fused-ring (bicyclic) bond motifs is 1. The first kappa shape index (κ1) is 11.5. The number of aryl methyl sites for hydroxylation is 1. The zero-order valence-electron chi connectivity index (χ0n) is 9.75. The van der Waals surface area contributed by atoms with Gasteiger partial charge in [0.2, 0.25) is 0 Å². The van der Waals surface area contributed by atoms with E-state index in [1.54, 1.807) is 0 Å². The first-order chi connectivity index (χ1) is 7.49. The molecule has 2 aromatic rings. The maximum Gasteiger partial charge on any atom is 0.134 e. The van der Waals surface area contributed by atoms with E-state index in [4.69, 9.17) is 21.8 Å². The van der Waals surface area contributed by atoms with Crippen LogP contribution in [0.1, 0.15) is 31.2 Å². The average Bonchev–Trinajstić information content (AvgIpc) is 2.60. The molecule has 2 N–H and O–H groups in total. The van der Waals surface area contributed by atoms with Crippen LogP contribution in [0.2, 0.25) is 5.02 Å². The van der Waals surface area contributed by atoms with Gasteiger partial charge < -0.3 is 10.2 Å². The Hall–Kier alpha value is -0.990. The zero-order chi connectivity index (χ0) is 11.9. The lowest BCUT2D eigenvalue weighted by atomic mass is 10.0. The van der Waals surface area contributed by atoms with E-state index in [1.165, 1.54) is 0 Å². The van der Waals surface area contributed by atoms with E-state index in [9.17, 15) is 0 Å². The summed E-state index contributed by atoms with van der Waals surface area (Å²) in [6, 6.07) is 5.79. The molecule has 0 bridgehead atoms. The van der Waals surface area contributed by atoms with Crippen molar-refractivity contribution in [3.8, 4) is 0 Å². The van der Waals surface area contributed by atoms with Crippen molar-refractivity contribution in [2.75, 3.05) is 0 Å². The van der Waals surface area contributed by atoms with Gasteiger partial charge >= 0.3 is 0 Å². The fourth-order valence-corrected chi connectivity index (χ4v) is 1.85. The second-order valence-electron chi connectivity index (χ2n) is 4.56. The molecule has 0 spiro atoms. The Kier molecular flexibility index (Phi) is 2.96. The van der Waals surface area contributed by atoms with Crippen LogP contribution < -0.4 is 5.73 Å². The highest BCUT2D eigenvalue weighted by atomic mass is 35.5. The van der Waals surface area contributed by atoms with Gasteiger partial charge in [-0.1, -0.05) is 25.4 Å². The van der Waals surface area contributed by atoms with E-state index in [1.807, 2.05) is 25.1 Å². The maximum absolute atomic E-state index is 6.07. The van der Waals surface area contributed by atoms with Gasteiger partial charge in [0.05, 0.1) is 6.04 Å². The van der Waals surface area contributed by atoms with Crippen LogP contribution in [0.15, 0.2) is 22.6 Å². The summed E-state index contributed by atoms with van der Waals surface area (Å²) in [5, 5.41) is 1.78. The molecule has 0 aliphatic heterocycles. The number of rotatable bonds is 2. The third-order valence-electron chi connectivity index (χ3n) is 2.86. The minimum atomic E-state index is -0.0634. The minimum Gasteiger partial charge on any atom is -0.459 e. The van der Waals surface area contributed by atoms with Crippen molar-refractivity contribution in [1.82, 2.24) is 0 Å². The fourth-order valence-electron chi connectivity index (χ4n) is 1.67. The summed E-state index contributed by atoms with van der Waals surface area (Å²) in [4.78, 5) is 0. The van der Waals surface area contributed by atoms with Gasteiger partial charge in [-0.2, -0.15) is 0 Å². The standard InChI is InChI=1S/C13H16ClNO/c1-7(2)13(15)12-6-9-5-10(14)8(3)4-11(9)16-12/h4-7,13H,15H2,1-3H3/t13-/m0/s1. The predicted octanol–water partition coefficient (Wildman–Crippen LogP) is 4.05. The van der Waals surface area contributed by atoms with Crippen LogP contribution >= 0.6 is 11.6 Å². The third-order valence-corrected chi connectivity index (χ3v) is 3.27. The summed E-state index contributed by atoms with van der Waals surface area (Å²) < 4.78 is 5.74. The van der Waals surface area contributed by atoms with Crippen molar-refractivity contribution in [3.05, 3.63) is 34.5 Å². The molecule has 1 atom stereocenters. The monoisotopic (exact) mass is 237 g/mol. The number of benzene rings is 1. The Morgan fingerprint density at radius 1 is 1.25 bits per heavy atom. The fraction of sp³-hybridized carbons (Fsp3) is 0.385. The zero-order valence-corrected chi connectivity index (χ0v) is 10.5. The van der Waals surface area contributed by atoms with Crippen LogP contribution in [0.25, 0.3) is 11.0 Å². The van der Waals surface area contributed by atoms with E-state index in [0.29, 0.717) is 5.92 Å². The molecule has 0 fully saturated rings. The Morgan fingerprint density at radius 3 is 2.56 bits per heavy atom. The molecular weight excluding hydrogens is 222 g/mol. The first-order valence-corrected chi connectivity index (χ1v) is 5.82. The first-order valence-electron chi connectivity index (χ1n) is 5.44. The molecule has 0 saturated heterocycles. The summed E-state index contributed by atoms with van der Waals surface area (Å²) in [6.45, 7) is 6.12. The van der Waals surface area contributed by atoms with Crippen molar-refractivity contribution in [3.63, 3.8) is 0 Å².